The number of hydrogen-bond acceptors (Lipinski definition) is 2. The molecule has 0 bridgehead atoms. The van der Waals surface area contributed by atoms with Crippen molar-refractivity contribution in [2.24, 2.45) is 0 Å². The first-order chi connectivity index (χ1) is 9.63. The van der Waals surface area contributed by atoms with E-state index >= 15 is 0 Å². The lowest BCUT2D eigenvalue weighted by Crippen LogP contribution is -2.40. The first-order valence-corrected chi connectivity index (χ1v) is 7.15. The third-order valence-electron chi connectivity index (χ3n) is 3.34. The number of likely N-dealkylation sites (N-methyl/N-ethyl adjacent to an activating group) is 1. The number of benzene rings is 2. The lowest BCUT2D eigenvalue weighted by molar-refractivity contribution is -0.117. The SMILES string of the molecule is CCN(C(=O)CNC(C)C)c1cccc2ccccc12. The van der Waals surface area contributed by atoms with Crippen molar-refractivity contribution in [1.82, 2.24) is 5.32 Å². The number of rotatable bonds is 5. The summed E-state index contributed by atoms with van der Waals surface area (Å²) in [6, 6.07) is 14.6. The number of amides is 1. The molecular formula is C17H22N2O. The molecule has 0 aliphatic carbocycles. The van der Waals surface area contributed by atoms with Crippen LogP contribution in [0.2, 0.25) is 0 Å². The largest absolute Gasteiger partial charge is 0.311 e. The second kappa shape index (κ2) is 6.53. The van der Waals surface area contributed by atoms with Crippen LogP contribution in [0.25, 0.3) is 10.8 Å². The highest BCUT2D eigenvalue weighted by molar-refractivity contribution is 6.04. The zero-order chi connectivity index (χ0) is 14.5. The van der Waals surface area contributed by atoms with Crippen molar-refractivity contribution >= 4 is 22.4 Å². The van der Waals surface area contributed by atoms with Crippen molar-refractivity contribution in [2.75, 3.05) is 18.0 Å². The van der Waals surface area contributed by atoms with Crippen LogP contribution < -0.4 is 10.2 Å². The van der Waals surface area contributed by atoms with Crippen LogP contribution in [0.15, 0.2) is 42.5 Å². The minimum atomic E-state index is 0.109. The molecule has 1 N–H and O–H groups in total. The van der Waals surface area contributed by atoms with Crippen LogP contribution in [0, 0.1) is 0 Å². The van der Waals surface area contributed by atoms with Gasteiger partial charge < -0.3 is 10.2 Å². The van der Waals surface area contributed by atoms with Gasteiger partial charge in [-0.2, -0.15) is 0 Å². The molecule has 20 heavy (non-hydrogen) atoms. The van der Waals surface area contributed by atoms with Gasteiger partial charge in [0.2, 0.25) is 5.91 Å². The Morgan fingerprint density at radius 2 is 1.85 bits per heavy atom. The first-order valence-electron chi connectivity index (χ1n) is 7.15. The number of nitrogens with one attached hydrogen (secondary N) is 1. The summed E-state index contributed by atoms with van der Waals surface area (Å²) in [6.45, 7) is 7.14. The highest BCUT2D eigenvalue weighted by atomic mass is 16.2. The fraction of sp³-hybridized carbons (Fsp3) is 0.353. The molecular weight excluding hydrogens is 248 g/mol. The van der Waals surface area contributed by atoms with Crippen molar-refractivity contribution < 1.29 is 4.79 Å². The molecule has 3 nitrogen and oxygen atoms in total. The minimum Gasteiger partial charge on any atom is -0.311 e. The number of nitrogens with zero attached hydrogens (tertiary/aromatic N) is 1. The minimum absolute atomic E-state index is 0.109. The Kier molecular flexibility index (Phi) is 4.74. The van der Waals surface area contributed by atoms with Crippen LogP contribution in [-0.2, 0) is 4.79 Å². The summed E-state index contributed by atoms with van der Waals surface area (Å²) in [7, 11) is 0. The van der Waals surface area contributed by atoms with Gasteiger partial charge in [0.1, 0.15) is 0 Å². The molecule has 0 aliphatic rings. The van der Waals surface area contributed by atoms with E-state index in [4.69, 9.17) is 0 Å². The number of anilines is 1. The van der Waals surface area contributed by atoms with E-state index in [2.05, 4.69) is 23.5 Å². The third kappa shape index (κ3) is 3.17. The molecule has 2 aromatic rings. The summed E-state index contributed by atoms with van der Waals surface area (Å²) in [5.41, 5.74) is 0.987. The predicted octanol–water partition coefficient (Wildman–Crippen LogP) is 3.19. The van der Waals surface area contributed by atoms with Crippen LogP contribution in [0.1, 0.15) is 20.8 Å². The molecule has 0 saturated heterocycles. The van der Waals surface area contributed by atoms with Crippen molar-refractivity contribution in [3.8, 4) is 0 Å². The molecule has 0 unspecified atom stereocenters. The molecule has 0 heterocycles. The molecule has 0 saturated carbocycles. The van der Waals surface area contributed by atoms with Crippen molar-refractivity contribution in [3.63, 3.8) is 0 Å². The van der Waals surface area contributed by atoms with E-state index in [-0.39, 0.29) is 5.91 Å². The summed E-state index contributed by atoms with van der Waals surface area (Å²) < 4.78 is 0. The molecule has 0 aliphatic heterocycles. The third-order valence-corrected chi connectivity index (χ3v) is 3.34. The maximum Gasteiger partial charge on any atom is 0.240 e. The summed E-state index contributed by atoms with van der Waals surface area (Å²) in [6.07, 6.45) is 0. The first kappa shape index (κ1) is 14.5. The molecule has 0 radical (unpaired) electrons. The number of hydrogen-bond donors (Lipinski definition) is 1. The van der Waals surface area contributed by atoms with Crippen molar-refractivity contribution in [1.29, 1.82) is 0 Å². The van der Waals surface area contributed by atoms with E-state index in [0.717, 1.165) is 16.5 Å². The van der Waals surface area contributed by atoms with Crippen molar-refractivity contribution in [2.45, 2.75) is 26.8 Å². The van der Waals surface area contributed by atoms with Crippen LogP contribution in [0.3, 0.4) is 0 Å². The molecule has 106 valence electrons. The number of carbonyl (C=O) groups excluding carboxylic acids is 1. The molecule has 0 spiro atoms. The fourth-order valence-corrected chi connectivity index (χ4v) is 2.31. The Bertz CT molecular complexity index is 587. The maximum atomic E-state index is 12.4. The van der Waals surface area contributed by atoms with E-state index in [1.807, 2.05) is 49.9 Å². The quantitative estimate of drug-likeness (QED) is 0.905. The molecule has 3 heteroatoms. The van der Waals surface area contributed by atoms with Gasteiger partial charge in [-0.15, -0.1) is 0 Å². The zero-order valence-corrected chi connectivity index (χ0v) is 12.4. The zero-order valence-electron chi connectivity index (χ0n) is 12.4. The van der Waals surface area contributed by atoms with Gasteiger partial charge in [-0.25, -0.2) is 0 Å². The monoisotopic (exact) mass is 270 g/mol. The molecule has 2 aromatic carbocycles. The van der Waals surface area contributed by atoms with E-state index in [0.29, 0.717) is 19.1 Å². The molecule has 0 fully saturated rings. The highest BCUT2D eigenvalue weighted by Gasteiger charge is 2.15. The van der Waals surface area contributed by atoms with E-state index in [1.54, 1.807) is 0 Å². The van der Waals surface area contributed by atoms with Crippen LogP contribution in [0.4, 0.5) is 5.69 Å². The lowest BCUT2D eigenvalue weighted by atomic mass is 10.1. The number of fused-ring (bicyclic) bond motifs is 1. The van der Waals surface area contributed by atoms with Crippen LogP contribution in [-0.4, -0.2) is 25.0 Å². The molecule has 0 aromatic heterocycles. The van der Waals surface area contributed by atoms with Gasteiger partial charge in [0.15, 0.2) is 0 Å². The van der Waals surface area contributed by atoms with Gasteiger partial charge in [0, 0.05) is 18.0 Å². The Hall–Kier alpha value is -1.87. The van der Waals surface area contributed by atoms with Gasteiger partial charge >= 0.3 is 0 Å². The van der Waals surface area contributed by atoms with E-state index in [1.165, 1.54) is 0 Å². The van der Waals surface area contributed by atoms with Gasteiger partial charge in [-0.3, -0.25) is 4.79 Å². The Morgan fingerprint density at radius 1 is 1.15 bits per heavy atom. The van der Waals surface area contributed by atoms with Gasteiger partial charge in [-0.05, 0) is 18.4 Å². The standard InChI is InChI=1S/C17H22N2O/c1-4-19(17(20)12-18-13(2)3)16-11-7-9-14-8-5-6-10-15(14)16/h5-11,13,18H,4,12H2,1-3H3. The fourth-order valence-electron chi connectivity index (χ4n) is 2.31. The lowest BCUT2D eigenvalue weighted by Gasteiger charge is -2.23. The average Bonchev–Trinajstić information content (AvgIpc) is 2.46. The Morgan fingerprint density at radius 3 is 2.55 bits per heavy atom. The molecule has 0 atom stereocenters. The normalized spacial score (nSPS) is 11.0. The predicted molar refractivity (Wildman–Crippen MR) is 85.1 cm³/mol. The average molecular weight is 270 g/mol. The maximum absolute atomic E-state index is 12.4. The van der Waals surface area contributed by atoms with Crippen LogP contribution >= 0.6 is 0 Å². The summed E-state index contributed by atoms with van der Waals surface area (Å²) in [5, 5.41) is 5.47. The topological polar surface area (TPSA) is 32.3 Å². The second-order valence-corrected chi connectivity index (χ2v) is 5.17. The van der Waals surface area contributed by atoms with Crippen LogP contribution in [0.5, 0.6) is 0 Å². The molecule has 1 amide bonds. The molecule has 2 rings (SSSR count). The van der Waals surface area contributed by atoms with E-state index in [9.17, 15) is 4.79 Å². The summed E-state index contributed by atoms with van der Waals surface area (Å²) in [5.74, 6) is 0.109. The van der Waals surface area contributed by atoms with Gasteiger partial charge in [-0.1, -0.05) is 50.2 Å². The Balaban J connectivity index is 2.32. The smallest absolute Gasteiger partial charge is 0.240 e. The van der Waals surface area contributed by atoms with Crippen molar-refractivity contribution in [3.05, 3.63) is 42.5 Å². The van der Waals surface area contributed by atoms with Gasteiger partial charge in [0.05, 0.1) is 12.2 Å². The van der Waals surface area contributed by atoms with E-state index < -0.39 is 0 Å². The second-order valence-electron chi connectivity index (χ2n) is 5.17. The summed E-state index contributed by atoms with van der Waals surface area (Å²) in [4.78, 5) is 14.2. The summed E-state index contributed by atoms with van der Waals surface area (Å²) >= 11 is 0. The van der Waals surface area contributed by atoms with Gasteiger partial charge in [0.25, 0.3) is 0 Å². The Labute approximate surface area is 120 Å². The highest BCUT2D eigenvalue weighted by Crippen LogP contribution is 2.26. The number of carbonyl (C=O) groups is 1.